The number of ether oxygens (including phenoxy) is 1. The van der Waals surface area contributed by atoms with E-state index in [2.05, 4.69) is 15.2 Å². The molecule has 0 unspecified atom stereocenters. The van der Waals surface area contributed by atoms with Crippen LogP contribution in [0.1, 0.15) is 12.8 Å². The predicted octanol–water partition coefficient (Wildman–Crippen LogP) is 1.03. The molecule has 1 aromatic heterocycles. The summed E-state index contributed by atoms with van der Waals surface area (Å²) >= 11 is 0. The molecule has 1 amide bonds. The molecular formula is C13H19F3N4O4S. The molecule has 1 aliphatic rings. The first-order valence-electron chi connectivity index (χ1n) is 7.47. The van der Waals surface area contributed by atoms with Gasteiger partial charge in [-0.05, 0) is 12.8 Å². The van der Waals surface area contributed by atoms with E-state index in [-0.39, 0.29) is 31.6 Å². The molecule has 0 saturated carbocycles. The van der Waals surface area contributed by atoms with Crippen LogP contribution in [0, 0.1) is 5.92 Å². The van der Waals surface area contributed by atoms with Gasteiger partial charge < -0.3 is 10.1 Å². The second kappa shape index (κ2) is 7.70. The second-order valence-electron chi connectivity index (χ2n) is 5.79. The average Bonchev–Trinajstić information content (AvgIpc) is 2.92. The van der Waals surface area contributed by atoms with Crippen LogP contribution in [-0.2, 0) is 26.3 Å². The predicted molar refractivity (Wildman–Crippen MR) is 82.0 cm³/mol. The smallest absolute Gasteiger partial charge is 0.350 e. The van der Waals surface area contributed by atoms with Gasteiger partial charge in [0.2, 0.25) is 15.9 Å². The van der Waals surface area contributed by atoms with Crippen molar-refractivity contribution in [2.45, 2.75) is 25.7 Å². The summed E-state index contributed by atoms with van der Waals surface area (Å²) in [7, 11) is -3.26. The SMILES string of the molecule is CS(=O)(=O)N1CCC(C(=O)Nc2cnn(COCC(F)(F)F)c2)CC1. The lowest BCUT2D eigenvalue weighted by Gasteiger charge is -2.29. The minimum Gasteiger partial charge on any atom is -0.350 e. The fourth-order valence-electron chi connectivity index (χ4n) is 2.45. The Morgan fingerprint density at radius 2 is 2.04 bits per heavy atom. The lowest BCUT2D eigenvalue weighted by atomic mass is 9.97. The van der Waals surface area contributed by atoms with Crippen molar-refractivity contribution in [2.24, 2.45) is 5.92 Å². The Balaban J connectivity index is 1.80. The molecule has 2 heterocycles. The van der Waals surface area contributed by atoms with Gasteiger partial charge in [0, 0.05) is 19.0 Å². The summed E-state index contributed by atoms with van der Waals surface area (Å²) in [6, 6.07) is 0. The zero-order valence-electron chi connectivity index (χ0n) is 13.5. The number of carbonyl (C=O) groups excluding carboxylic acids is 1. The number of amides is 1. The molecule has 0 spiro atoms. The highest BCUT2D eigenvalue weighted by Gasteiger charge is 2.29. The molecule has 142 valence electrons. The van der Waals surface area contributed by atoms with Crippen LogP contribution in [0.4, 0.5) is 18.9 Å². The number of nitrogens with zero attached hydrogens (tertiary/aromatic N) is 3. The molecule has 0 bridgehead atoms. The zero-order valence-corrected chi connectivity index (χ0v) is 14.3. The van der Waals surface area contributed by atoms with Crippen LogP contribution in [0.5, 0.6) is 0 Å². The van der Waals surface area contributed by atoms with E-state index in [9.17, 15) is 26.4 Å². The summed E-state index contributed by atoms with van der Waals surface area (Å²) in [6.07, 6.45) is 0.192. The number of carbonyl (C=O) groups is 1. The summed E-state index contributed by atoms with van der Waals surface area (Å²) in [5.41, 5.74) is 0.339. The molecular weight excluding hydrogens is 365 g/mol. The fourth-order valence-corrected chi connectivity index (χ4v) is 3.32. The van der Waals surface area contributed by atoms with Crippen LogP contribution < -0.4 is 5.32 Å². The first kappa shape index (κ1) is 19.7. The molecule has 12 heteroatoms. The molecule has 8 nitrogen and oxygen atoms in total. The van der Waals surface area contributed by atoms with Crippen molar-refractivity contribution in [2.75, 3.05) is 31.3 Å². The maximum atomic E-state index is 12.2. The Morgan fingerprint density at radius 3 is 2.60 bits per heavy atom. The van der Waals surface area contributed by atoms with Crippen LogP contribution in [0.3, 0.4) is 0 Å². The molecule has 0 atom stereocenters. The van der Waals surface area contributed by atoms with E-state index in [1.165, 1.54) is 16.7 Å². The van der Waals surface area contributed by atoms with Crippen molar-refractivity contribution in [3.8, 4) is 0 Å². The van der Waals surface area contributed by atoms with Crippen molar-refractivity contribution in [3.63, 3.8) is 0 Å². The number of nitrogens with one attached hydrogen (secondary N) is 1. The number of aromatic nitrogens is 2. The lowest BCUT2D eigenvalue weighted by Crippen LogP contribution is -2.40. The van der Waals surface area contributed by atoms with Crippen LogP contribution >= 0.6 is 0 Å². The van der Waals surface area contributed by atoms with E-state index >= 15 is 0 Å². The topological polar surface area (TPSA) is 93.5 Å². The molecule has 1 fully saturated rings. The van der Waals surface area contributed by atoms with Crippen LogP contribution in [-0.4, -0.2) is 60.5 Å². The quantitative estimate of drug-likeness (QED) is 0.791. The second-order valence-corrected chi connectivity index (χ2v) is 7.77. The van der Waals surface area contributed by atoms with Gasteiger partial charge in [0.15, 0.2) is 0 Å². The monoisotopic (exact) mass is 384 g/mol. The number of anilines is 1. The molecule has 25 heavy (non-hydrogen) atoms. The average molecular weight is 384 g/mol. The molecule has 2 rings (SSSR count). The van der Waals surface area contributed by atoms with E-state index in [1.807, 2.05) is 0 Å². The molecule has 0 radical (unpaired) electrons. The first-order chi connectivity index (χ1) is 11.5. The standard InChI is InChI=1S/C13H19F3N4O4S/c1-25(22,23)20-4-2-10(3-5-20)12(21)18-11-6-17-19(7-11)9-24-8-13(14,15)16/h6-7,10H,2-5,8-9H2,1H3,(H,18,21). The van der Waals surface area contributed by atoms with Crippen LogP contribution in [0.15, 0.2) is 12.4 Å². The lowest BCUT2D eigenvalue weighted by molar-refractivity contribution is -0.182. The summed E-state index contributed by atoms with van der Waals surface area (Å²) in [5.74, 6) is -0.605. The highest BCUT2D eigenvalue weighted by Crippen LogP contribution is 2.21. The maximum Gasteiger partial charge on any atom is 0.411 e. The molecule has 0 aromatic carbocycles. The van der Waals surface area contributed by atoms with E-state index in [4.69, 9.17) is 0 Å². The first-order valence-corrected chi connectivity index (χ1v) is 9.32. The zero-order chi connectivity index (χ0) is 18.7. The third-order valence-corrected chi connectivity index (χ3v) is 4.99. The minimum atomic E-state index is -4.41. The molecule has 1 aliphatic heterocycles. The molecule has 0 aliphatic carbocycles. The Hall–Kier alpha value is -1.66. The van der Waals surface area contributed by atoms with Gasteiger partial charge >= 0.3 is 6.18 Å². The van der Waals surface area contributed by atoms with E-state index in [0.29, 0.717) is 18.5 Å². The fraction of sp³-hybridized carbons (Fsp3) is 0.692. The number of rotatable bonds is 6. The number of sulfonamides is 1. The molecule has 1 saturated heterocycles. The van der Waals surface area contributed by atoms with Gasteiger partial charge in [-0.3, -0.25) is 4.79 Å². The van der Waals surface area contributed by atoms with Gasteiger partial charge in [-0.1, -0.05) is 0 Å². The Bertz CT molecular complexity index is 696. The summed E-state index contributed by atoms with van der Waals surface area (Å²) in [5, 5.41) is 6.42. The Labute approximate surface area is 143 Å². The maximum absolute atomic E-state index is 12.2. The number of hydrogen-bond donors (Lipinski definition) is 1. The van der Waals surface area contributed by atoms with E-state index in [0.717, 1.165) is 10.9 Å². The highest BCUT2D eigenvalue weighted by atomic mass is 32.2. The Kier molecular flexibility index (Phi) is 6.06. The van der Waals surface area contributed by atoms with Gasteiger partial charge in [-0.15, -0.1) is 0 Å². The largest absolute Gasteiger partial charge is 0.411 e. The minimum absolute atomic E-state index is 0.274. The van der Waals surface area contributed by atoms with Gasteiger partial charge in [0.25, 0.3) is 0 Å². The number of hydrogen-bond acceptors (Lipinski definition) is 5. The number of halogens is 3. The van der Waals surface area contributed by atoms with E-state index in [1.54, 1.807) is 0 Å². The third-order valence-electron chi connectivity index (χ3n) is 3.68. The van der Waals surface area contributed by atoms with Crippen molar-refractivity contribution in [3.05, 3.63) is 12.4 Å². The van der Waals surface area contributed by atoms with Gasteiger partial charge in [-0.25, -0.2) is 17.4 Å². The van der Waals surface area contributed by atoms with Gasteiger partial charge in [-0.2, -0.15) is 18.3 Å². The Morgan fingerprint density at radius 1 is 1.40 bits per heavy atom. The van der Waals surface area contributed by atoms with Crippen molar-refractivity contribution < 1.29 is 31.1 Å². The van der Waals surface area contributed by atoms with E-state index < -0.39 is 22.8 Å². The summed E-state index contributed by atoms with van der Waals surface area (Å²) in [6.45, 7) is -1.21. The third kappa shape index (κ3) is 6.29. The van der Waals surface area contributed by atoms with Gasteiger partial charge in [0.1, 0.15) is 13.3 Å². The molecule has 1 N–H and O–H groups in total. The van der Waals surface area contributed by atoms with Crippen molar-refractivity contribution in [1.82, 2.24) is 14.1 Å². The van der Waals surface area contributed by atoms with Crippen LogP contribution in [0.25, 0.3) is 0 Å². The molecule has 1 aromatic rings. The summed E-state index contributed by atoms with van der Waals surface area (Å²) < 4.78 is 65.8. The highest BCUT2D eigenvalue weighted by molar-refractivity contribution is 7.88. The number of alkyl halides is 3. The van der Waals surface area contributed by atoms with Crippen molar-refractivity contribution in [1.29, 1.82) is 0 Å². The van der Waals surface area contributed by atoms with Gasteiger partial charge in [0.05, 0.1) is 24.3 Å². The number of piperidine rings is 1. The van der Waals surface area contributed by atoms with Crippen molar-refractivity contribution >= 4 is 21.6 Å². The van der Waals surface area contributed by atoms with Crippen LogP contribution in [0.2, 0.25) is 0 Å². The normalized spacial score (nSPS) is 17.6. The summed E-state index contributed by atoms with van der Waals surface area (Å²) in [4.78, 5) is 12.2.